The van der Waals surface area contributed by atoms with E-state index >= 15 is 0 Å². The summed E-state index contributed by atoms with van der Waals surface area (Å²) < 4.78 is 0. The Hall–Kier alpha value is -0.570. The quantitative estimate of drug-likeness (QED) is 0.831. The summed E-state index contributed by atoms with van der Waals surface area (Å²) in [5, 5.41) is 3.73. The Balaban J connectivity index is 1.57. The maximum atomic E-state index is 12.7. The van der Waals surface area contributed by atoms with Crippen molar-refractivity contribution < 1.29 is 4.79 Å². The van der Waals surface area contributed by atoms with Gasteiger partial charge in [-0.15, -0.1) is 0 Å². The molecule has 3 nitrogen and oxygen atoms in total. The number of hydrogen-bond donors (Lipinski definition) is 1. The van der Waals surface area contributed by atoms with Crippen molar-refractivity contribution in [2.45, 2.75) is 76.0 Å². The van der Waals surface area contributed by atoms with Gasteiger partial charge >= 0.3 is 0 Å². The summed E-state index contributed by atoms with van der Waals surface area (Å²) in [6, 6.07) is 0.570. The van der Waals surface area contributed by atoms with Crippen LogP contribution in [0.1, 0.15) is 58.3 Å². The molecule has 1 heterocycles. The Morgan fingerprint density at radius 3 is 2.61 bits per heavy atom. The first-order chi connectivity index (χ1) is 8.75. The monoisotopic (exact) mass is 248 g/mol. The molecule has 1 amide bonds. The van der Waals surface area contributed by atoms with E-state index in [2.05, 4.69) is 17.1 Å². The second kappa shape index (κ2) is 3.72. The maximum Gasteiger partial charge on any atom is 0.244 e. The molecule has 3 aliphatic carbocycles. The van der Waals surface area contributed by atoms with Crippen LogP contribution in [0.15, 0.2) is 0 Å². The first-order valence-corrected chi connectivity index (χ1v) is 7.85. The van der Waals surface area contributed by atoms with Crippen molar-refractivity contribution in [3.63, 3.8) is 0 Å². The van der Waals surface area contributed by atoms with Crippen LogP contribution in [0.4, 0.5) is 0 Å². The van der Waals surface area contributed by atoms with Crippen LogP contribution in [0.5, 0.6) is 0 Å². The third-order valence-electron chi connectivity index (χ3n) is 5.73. The highest BCUT2D eigenvalue weighted by atomic mass is 16.2. The van der Waals surface area contributed by atoms with E-state index in [1.54, 1.807) is 0 Å². The molecular weight excluding hydrogens is 224 g/mol. The first kappa shape index (κ1) is 11.3. The number of carbonyl (C=O) groups excluding carboxylic acids is 1. The van der Waals surface area contributed by atoms with Crippen LogP contribution in [-0.4, -0.2) is 28.6 Å². The Morgan fingerprint density at radius 1 is 1.33 bits per heavy atom. The van der Waals surface area contributed by atoms with Crippen LogP contribution in [0.3, 0.4) is 0 Å². The molecule has 4 fully saturated rings. The van der Waals surface area contributed by atoms with E-state index in [4.69, 9.17) is 0 Å². The Labute approximate surface area is 109 Å². The fraction of sp³-hybridized carbons (Fsp3) is 0.933. The summed E-state index contributed by atoms with van der Waals surface area (Å²) in [6.45, 7) is 2.26. The first-order valence-electron chi connectivity index (χ1n) is 7.85. The molecule has 4 rings (SSSR count). The second-order valence-electron chi connectivity index (χ2n) is 6.90. The van der Waals surface area contributed by atoms with Gasteiger partial charge in [-0.2, -0.15) is 0 Å². The summed E-state index contributed by atoms with van der Waals surface area (Å²) >= 11 is 0. The Bertz CT molecular complexity index is 371. The standard InChI is InChI=1S/C15H24N2O/c1-2-10-9-12(10)17-13(11-5-3-4-6-11)16-15(7-8-15)14(17)18/h10-13,16H,2-9H2,1H3. The zero-order valence-electron chi connectivity index (χ0n) is 11.3. The second-order valence-corrected chi connectivity index (χ2v) is 6.90. The molecule has 3 atom stereocenters. The van der Waals surface area contributed by atoms with Crippen LogP contribution in [0.2, 0.25) is 0 Å². The van der Waals surface area contributed by atoms with E-state index in [0.29, 0.717) is 18.1 Å². The highest BCUT2D eigenvalue weighted by Crippen LogP contribution is 2.50. The van der Waals surface area contributed by atoms with E-state index in [-0.39, 0.29) is 5.54 Å². The zero-order chi connectivity index (χ0) is 12.3. The van der Waals surface area contributed by atoms with Gasteiger partial charge in [0.2, 0.25) is 5.91 Å². The molecule has 3 unspecified atom stereocenters. The lowest BCUT2D eigenvalue weighted by molar-refractivity contribution is -0.132. The lowest BCUT2D eigenvalue weighted by Crippen LogP contribution is -2.44. The summed E-state index contributed by atoms with van der Waals surface area (Å²) in [6.07, 6.45) is 10.4. The van der Waals surface area contributed by atoms with Crippen molar-refractivity contribution in [2.75, 3.05) is 0 Å². The van der Waals surface area contributed by atoms with E-state index in [9.17, 15) is 4.79 Å². The molecule has 18 heavy (non-hydrogen) atoms. The van der Waals surface area contributed by atoms with Crippen molar-refractivity contribution in [3.05, 3.63) is 0 Å². The smallest absolute Gasteiger partial charge is 0.244 e. The van der Waals surface area contributed by atoms with E-state index in [1.807, 2.05) is 0 Å². The topological polar surface area (TPSA) is 32.3 Å². The highest BCUT2D eigenvalue weighted by Gasteiger charge is 2.63. The largest absolute Gasteiger partial charge is 0.322 e. The van der Waals surface area contributed by atoms with E-state index < -0.39 is 0 Å². The third-order valence-corrected chi connectivity index (χ3v) is 5.73. The van der Waals surface area contributed by atoms with Gasteiger partial charge in [-0.1, -0.05) is 26.2 Å². The van der Waals surface area contributed by atoms with Gasteiger partial charge in [-0.25, -0.2) is 0 Å². The van der Waals surface area contributed by atoms with Crippen molar-refractivity contribution in [1.29, 1.82) is 0 Å². The molecule has 0 aromatic carbocycles. The Morgan fingerprint density at radius 2 is 2.06 bits per heavy atom. The molecular formula is C15H24N2O. The zero-order valence-corrected chi connectivity index (χ0v) is 11.3. The summed E-state index contributed by atoms with van der Waals surface area (Å²) in [4.78, 5) is 15.0. The van der Waals surface area contributed by atoms with Crippen molar-refractivity contribution in [2.24, 2.45) is 11.8 Å². The molecule has 1 spiro atoms. The molecule has 0 aromatic heterocycles. The van der Waals surface area contributed by atoms with Gasteiger partial charge in [0.15, 0.2) is 0 Å². The predicted octanol–water partition coefficient (Wildman–Crippen LogP) is 2.27. The van der Waals surface area contributed by atoms with Gasteiger partial charge in [0.05, 0.1) is 11.7 Å². The van der Waals surface area contributed by atoms with Crippen LogP contribution in [-0.2, 0) is 4.79 Å². The minimum absolute atomic E-state index is 0.103. The minimum atomic E-state index is -0.103. The van der Waals surface area contributed by atoms with Gasteiger partial charge in [0.1, 0.15) is 0 Å². The molecule has 1 saturated heterocycles. The van der Waals surface area contributed by atoms with Crippen molar-refractivity contribution >= 4 is 5.91 Å². The molecule has 0 aromatic rings. The highest BCUT2D eigenvalue weighted by molar-refractivity contribution is 5.92. The van der Waals surface area contributed by atoms with Gasteiger partial charge in [-0.05, 0) is 43.9 Å². The minimum Gasteiger partial charge on any atom is -0.322 e. The lowest BCUT2D eigenvalue weighted by Gasteiger charge is -2.29. The van der Waals surface area contributed by atoms with Crippen LogP contribution >= 0.6 is 0 Å². The van der Waals surface area contributed by atoms with Gasteiger partial charge in [0, 0.05) is 6.04 Å². The summed E-state index contributed by atoms with van der Waals surface area (Å²) in [7, 11) is 0. The number of hydrogen-bond acceptors (Lipinski definition) is 2. The Kier molecular flexibility index (Phi) is 2.33. The number of amides is 1. The molecule has 3 saturated carbocycles. The van der Waals surface area contributed by atoms with Crippen LogP contribution in [0, 0.1) is 11.8 Å². The van der Waals surface area contributed by atoms with Crippen LogP contribution < -0.4 is 5.32 Å². The SMILES string of the molecule is CCC1CC1N1C(=O)C2(CC2)NC1C1CCCC1. The average Bonchev–Trinajstić information content (AvgIpc) is 3.24. The fourth-order valence-corrected chi connectivity index (χ4v) is 4.26. The summed E-state index contributed by atoms with van der Waals surface area (Å²) in [5.74, 6) is 1.96. The normalized spacial score (nSPS) is 41.9. The molecule has 100 valence electrons. The number of nitrogens with one attached hydrogen (secondary N) is 1. The lowest BCUT2D eigenvalue weighted by atomic mass is 10.0. The predicted molar refractivity (Wildman–Crippen MR) is 69.9 cm³/mol. The number of carbonyl (C=O) groups is 1. The van der Waals surface area contributed by atoms with Crippen molar-refractivity contribution in [1.82, 2.24) is 10.2 Å². The van der Waals surface area contributed by atoms with Gasteiger partial charge in [0.25, 0.3) is 0 Å². The average molecular weight is 248 g/mol. The molecule has 1 aliphatic heterocycles. The summed E-state index contributed by atoms with van der Waals surface area (Å²) in [5.41, 5.74) is -0.103. The van der Waals surface area contributed by atoms with E-state index in [1.165, 1.54) is 38.5 Å². The van der Waals surface area contributed by atoms with Crippen LogP contribution in [0.25, 0.3) is 0 Å². The molecule has 0 radical (unpaired) electrons. The van der Waals surface area contributed by atoms with Crippen molar-refractivity contribution in [3.8, 4) is 0 Å². The van der Waals surface area contributed by atoms with E-state index in [0.717, 1.165) is 24.7 Å². The number of nitrogens with zero attached hydrogens (tertiary/aromatic N) is 1. The van der Waals surface area contributed by atoms with Gasteiger partial charge < -0.3 is 4.90 Å². The molecule has 3 heteroatoms. The third kappa shape index (κ3) is 1.49. The fourth-order valence-electron chi connectivity index (χ4n) is 4.26. The molecule has 0 bridgehead atoms. The molecule has 4 aliphatic rings. The molecule has 1 N–H and O–H groups in total. The maximum absolute atomic E-state index is 12.7. The number of rotatable bonds is 3. The van der Waals surface area contributed by atoms with Gasteiger partial charge in [-0.3, -0.25) is 10.1 Å².